The van der Waals surface area contributed by atoms with Gasteiger partial charge in [0.05, 0.1) is 31.6 Å². The van der Waals surface area contributed by atoms with Crippen molar-refractivity contribution in [3.63, 3.8) is 0 Å². The number of rotatable bonds is 7. The van der Waals surface area contributed by atoms with Crippen LogP contribution < -0.4 is 5.32 Å². The molecule has 1 saturated heterocycles. The van der Waals surface area contributed by atoms with Crippen LogP contribution >= 0.6 is 0 Å². The van der Waals surface area contributed by atoms with Gasteiger partial charge in [-0.3, -0.25) is 0 Å². The Labute approximate surface area is 103 Å². The smallest absolute Gasteiger partial charge is 0.211 e. The van der Waals surface area contributed by atoms with Gasteiger partial charge in [0, 0.05) is 13.1 Å². The van der Waals surface area contributed by atoms with E-state index in [-0.39, 0.29) is 6.04 Å². The van der Waals surface area contributed by atoms with Crippen molar-refractivity contribution in [1.82, 2.24) is 9.62 Å². The lowest BCUT2D eigenvalue weighted by Gasteiger charge is -2.19. The topological polar surface area (TPSA) is 78.9 Å². The third-order valence-electron chi connectivity index (χ3n) is 2.86. The lowest BCUT2D eigenvalue weighted by molar-refractivity contribution is 0.122. The van der Waals surface area contributed by atoms with Gasteiger partial charge in [-0.25, -0.2) is 12.7 Å². The van der Waals surface area contributed by atoms with Crippen LogP contribution in [-0.2, 0) is 14.8 Å². The van der Waals surface area contributed by atoms with Gasteiger partial charge in [0.2, 0.25) is 10.0 Å². The highest BCUT2D eigenvalue weighted by molar-refractivity contribution is 7.88. The lowest BCUT2D eigenvalue weighted by atomic mass is 10.2. The Bertz CT molecular complexity index is 320. The number of hydrogen-bond donors (Lipinski definition) is 2. The van der Waals surface area contributed by atoms with Gasteiger partial charge < -0.3 is 15.2 Å². The van der Waals surface area contributed by atoms with Gasteiger partial charge in [-0.05, 0) is 13.0 Å². The van der Waals surface area contributed by atoms with Gasteiger partial charge in [0.25, 0.3) is 0 Å². The van der Waals surface area contributed by atoms with E-state index in [9.17, 15) is 13.5 Å². The molecule has 0 aromatic rings. The molecular formula is C10H22N2O4S. The maximum Gasteiger partial charge on any atom is 0.211 e. The Kier molecular flexibility index (Phi) is 5.81. The maximum absolute atomic E-state index is 11.3. The van der Waals surface area contributed by atoms with Crippen LogP contribution in [0, 0.1) is 0 Å². The van der Waals surface area contributed by atoms with Crippen molar-refractivity contribution in [3.8, 4) is 0 Å². The van der Waals surface area contributed by atoms with E-state index >= 15 is 0 Å². The molecule has 1 rings (SSSR count). The van der Waals surface area contributed by atoms with Crippen molar-refractivity contribution in [1.29, 1.82) is 0 Å². The summed E-state index contributed by atoms with van der Waals surface area (Å²) < 4.78 is 29.2. The third kappa shape index (κ3) is 4.89. The van der Waals surface area contributed by atoms with Crippen molar-refractivity contribution < 1.29 is 18.3 Å². The van der Waals surface area contributed by atoms with E-state index in [0.29, 0.717) is 32.8 Å². The zero-order valence-corrected chi connectivity index (χ0v) is 11.2. The molecule has 0 aromatic carbocycles. The fourth-order valence-corrected chi connectivity index (χ4v) is 2.77. The molecule has 0 saturated carbocycles. The molecule has 102 valence electrons. The summed E-state index contributed by atoms with van der Waals surface area (Å²) in [7, 11) is -3.09. The lowest BCUT2D eigenvalue weighted by Crippen LogP contribution is -2.40. The van der Waals surface area contributed by atoms with E-state index in [1.54, 1.807) is 0 Å². The van der Waals surface area contributed by atoms with Gasteiger partial charge in [0.15, 0.2) is 0 Å². The van der Waals surface area contributed by atoms with E-state index in [1.807, 2.05) is 6.92 Å². The molecule has 0 radical (unpaired) electrons. The highest BCUT2D eigenvalue weighted by Crippen LogP contribution is 2.05. The van der Waals surface area contributed by atoms with Crippen LogP contribution in [-0.4, -0.2) is 69.1 Å². The number of nitrogens with zero attached hydrogens (tertiary/aromatic N) is 1. The first kappa shape index (κ1) is 14.8. The Morgan fingerprint density at radius 2 is 2.18 bits per heavy atom. The van der Waals surface area contributed by atoms with E-state index in [0.717, 1.165) is 6.42 Å². The predicted molar refractivity (Wildman–Crippen MR) is 65.3 cm³/mol. The van der Waals surface area contributed by atoms with Gasteiger partial charge in [0.1, 0.15) is 0 Å². The Morgan fingerprint density at radius 1 is 1.47 bits per heavy atom. The first-order valence-electron chi connectivity index (χ1n) is 5.89. The number of aliphatic hydroxyl groups is 1. The van der Waals surface area contributed by atoms with Gasteiger partial charge in [-0.1, -0.05) is 6.92 Å². The maximum atomic E-state index is 11.3. The fraction of sp³-hybridized carbons (Fsp3) is 1.00. The number of aliphatic hydroxyl groups excluding tert-OH is 1. The molecule has 0 bridgehead atoms. The molecule has 1 aliphatic heterocycles. The zero-order valence-electron chi connectivity index (χ0n) is 10.4. The van der Waals surface area contributed by atoms with Crippen LogP contribution in [0.4, 0.5) is 0 Å². The summed E-state index contributed by atoms with van der Waals surface area (Å²) >= 11 is 0. The molecule has 0 amide bonds. The van der Waals surface area contributed by atoms with E-state index < -0.39 is 16.1 Å². The number of sulfonamides is 1. The number of nitrogens with one attached hydrogen (secondary N) is 1. The van der Waals surface area contributed by atoms with E-state index in [2.05, 4.69) is 5.32 Å². The normalized spacial score (nSPS) is 25.6. The standard InChI is InChI=1S/C10H22N2O4S/c1-3-12(17(2,14)15)6-4-5-11-9-7-16-8-10(9)13/h9-11,13H,3-8H2,1-2H3. The van der Waals surface area contributed by atoms with Crippen LogP contribution in [0.25, 0.3) is 0 Å². The SMILES string of the molecule is CCN(CCCNC1COCC1O)S(C)(=O)=O. The average Bonchev–Trinajstić information content (AvgIpc) is 2.62. The molecule has 7 heteroatoms. The number of ether oxygens (including phenoxy) is 1. The highest BCUT2D eigenvalue weighted by atomic mass is 32.2. The molecule has 6 nitrogen and oxygen atoms in total. The minimum atomic E-state index is -3.09. The largest absolute Gasteiger partial charge is 0.389 e. The third-order valence-corrected chi connectivity index (χ3v) is 4.24. The van der Waals surface area contributed by atoms with Crippen molar-refractivity contribution in [2.75, 3.05) is 39.1 Å². The minimum absolute atomic E-state index is 0.0247. The molecule has 0 spiro atoms. The van der Waals surface area contributed by atoms with E-state index in [4.69, 9.17) is 4.74 Å². The Morgan fingerprint density at radius 3 is 2.65 bits per heavy atom. The second kappa shape index (κ2) is 6.65. The van der Waals surface area contributed by atoms with Crippen molar-refractivity contribution in [2.45, 2.75) is 25.5 Å². The molecular weight excluding hydrogens is 244 g/mol. The second-order valence-corrected chi connectivity index (χ2v) is 6.26. The molecule has 1 aliphatic rings. The molecule has 0 aromatic heterocycles. The summed E-state index contributed by atoms with van der Waals surface area (Å²) in [6.45, 7) is 4.40. The van der Waals surface area contributed by atoms with Crippen LogP contribution in [0.5, 0.6) is 0 Å². The zero-order chi connectivity index (χ0) is 12.9. The van der Waals surface area contributed by atoms with Gasteiger partial charge in [-0.2, -0.15) is 0 Å². The first-order chi connectivity index (χ1) is 7.95. The summed E-state index contributed by atoms with van der Waals surface area (Å²) in [6.07, 6.45) is 1.50. The summed E-state index contributed by atoms with van der Waals surface area (Å²) in [5.41, 5.74) is 0. The van der Waals surface area contributed by atoms with Crippen LogP contribution in [0.15, 0.2) is 0 Å². The molecule has 0 aliphatic carbocycles. The van der Waals surface area contributed by atoms with Crippen LogP contribution in [0.3, 0.4) is 0 Å². The van der Waals surface area contributed by atoms with Crippen molar-refractivity contribution in [3.05, 3.63) is 0 Å². The molecule has 2 atom stereocenters. The molecule has 2 unspecified atom stereocenters. The molecule has 17 heavy (non-hydrogen) atoms. The molecule has 1 fully saturated rings. The molecule has 1 heterocycles. The quantitative estimate of drug-likeness (QED) is 0.578. The number of hydrogen-bond acceptors (Lipinski definition) is 5. The first-order valence-corrected chi connectivity index (χ1v) is 7.74. The second-order valence-electron chi connectivity index (χ2n) is 4.27. The Balaban J connectivity index is 2.19. The van der Waals surface area contributed by atoms with Crippen LogP contribution in [0.1, 0.15) is 13.3 Å². The summed E-state index contributed by atoms with van der Waals surface area (Å²) in [5, 5.41) is 12.6. The Hall–Kier alpha value is -0.210. The summed E-state index contributed by atoms with van der Waals surface area (Å²) in [5.74, 6) is 0. The monoisotopic (exact) mass is 266 g/mol. The van der Waals surface area contributed by atoms with Gasteiger partial charge >= 0.3 is 0 Å². The summed E-state index contributed by atoms with van der Waals surface area (Å²) in [6, 6.07) is -0.0247. The average molecular weight is 266 g/mol. The minimum Gasteiger partial charge on any atom is -0.389 e. The molecule has 2 N–H and O–H groups in total. The van der Waals surface area contributed by atoms with Crippen molar-refractivity contribution >= 4 is 10.0 Å². The highest BCUT2D eigenvalue weighted by Gasteiger charge is 2.25. The summed E-state index contributed by atoms with van der Waals surface area (Å²) in [4.78, 5) is 0. The van der Waals surface area contributed by atoms with Crippen molar-refractivity contribution in [2.24, 2.45) is 0 Å². The van der Waals surface area contributed by atoms with E-state index in [1.165, 1.54) is 10.6 Å². The van der Waals surface area contributed by atoms with Gasteiger partial charge in [-0.15, -0.1) is 0 Å². The fourth-order valence-electron chi connectivity index (χ4n) is 1.84. The predicted octanol–water partition coefficient (Wildman–Crippen LogP) is -0.993. The van der Waals surface area contributed by atoms with Crippen LogP contribution in [0.2, 0.25) is 0 Å².